The molecule has 1 aliphatic heterocycles. The van der Waals surface area contributed by atoms with E-state index in [-0.39, 0.29) is 0 Å². The first-order valence-corrected chi connectivity index (χ1v) is 17.3. The minimum atomic E-state index is -2.60. The van der Waals surface area contributed by atoms with Crippen molar-refractivity contribution in [1.82, 2.24) is 9.55 Å². The third-order valence-electron chi connectivity index (χ3n) is 8.44. The molecule has 2 heterocycles. The van der Waals surface area contributed by atoms with Crippen molar-refractivity contribution in [3.05, 3.63) is 164 Å². The van der Waals surface area contributed by atoms with Gasteiger partial charge in [0, 0.05) is 4.90 Å². The quantitative estimate of drug-likeness (QED) is 0.169. The lowest BCUT2D eigenvalue weighted by atomic mass is 10.1. The summed E-state index contributed by atoms with van der Waals surface area (Å²) in [5.74, 6) is 2.00. The number of nitrogens with zero attached hydrogens (tertiary/aromatic N) is 2. The van der Waals surface area contributed by atoms with Crippen LogP contribution in [0.5, 0.6) is 0 Å². The smallest absolute Gasteiger partial charge is 0.179 e. The van der Waals surface area contributed by atoms with E-state index < -0.39 is 8.07 Å². The molecule has 8 rings (SSSR count). The van der Waals surface area contributed by atoms with Crippen LogP contribution in [0.25, 0.3) is 27.8 Å². The van der Waals surface area contributed by atoms with Crippen molar-refractivity contribution in [3.63, 3.8) is 0 Å². The van der Waals surface area contributed by atoms with Crippen molar-refractivity contribution in [1.29, 1.82) is 0 Å². The Morgan fingerprint density at radius 1 is 0.524 bits per heavy atom. The normalized spacial score (nSPS) is 12.6. The van der Waals surface area contributed by atoms with Crippen LogP contribution >= 0.6 is 11.8 Å². The second-order valence-electron chi connectivity index (χ2n) is 10.8. The number of aromatic nitrogens is 2. The zero-order valence-corrected chi connectivity index (χ0v) is 24.8. The van der Waals surface area contributed by atoms with E-state index in [0.29, 0.717) is 0 Å². The molecule has 0 aliphatic carbocycles. The van der Waals surface area contributed by atoms with Gasteiger partial charge in [0.05, 0.1) is 22.5 Å². The molecule has 1 aliphatic rings. The molecule has 0 radical (unpaired) electrons. The highest BCUT2D eigenvalue weighted by molar-refractivity contribution is 7.98. The van der Waals surface area contributed by atoms with Gasteiger partial charge in [-0.05, 0) is 56.1 Å². The summed E-state index contributed by atoms with van der Waals surface area (Å²) in [5.41, 5.74) is 5.87. The van der Waals surface area contributed by atoms with Crippen LogP contribution in [0.4, 0.5) is 0 Å². The highest BCUT2D eigenvalue weighted by Gasteiger charge is 2.41. The molecule has 0 bridgehead atoms. The van der Waals surface area contributed by atoms with Crippen LogP contribution in [0.2, 0.25) is 0 Å². The molecule has 42 heavy (non-hydrogen) atoms. The van der Waals surface area contributed by atoms with E-state index in [1.54, 1.807) is 0 Å². The van der Waals surface area contributed by atoms with Crippen molar-refractivity contribution in [2.24, 2.45) is 0 Å². The predicted molar refractivity (Wildman–Crippen MR) is 180 cm³/mol. The fourth-order valence-electron chi connectivity index (χ4n) is 6.57. The summed E-state index contributed by atoms with van der Waals surface area (Å²) in [6.45, 7) is 0. The first-order chi connectivity index (χ1) is 20.8. The maximum absolute atomic E-state index is 5.01. The topological polar surface area (TPSA) is 17.8 Å². The maximum atomic E-state index is 5.01. The van der Waals surface area contributed by atoms with Crippen molar-refractivity contribution < 1.29 is 0 Å². The lowest BCUT2D eigenvalue weighted by molar-refractivity contribution is 0.945. The number of benzene rings is 6. The molecule has 0 amide bonds. The molecule has 1 aromatic heterocycles. The van der Waals surface area contributed by atoms with E-state index in [0.717, 1.165) is 17.1 Å². The lowest BCUT2D eigenvalue weighted by Crippen LogP contribution is -2.74. The Kier molecular flexibility index (Phi) is 6.17. The monoisotopic (exact) mass is 572 g/mol. The second-order valence-corrected chi connectivity index (χ2v) is 15.6. The molecule has 0 N–H and O–H groups in total. The summed E-state index contributed by atoms with van der Waals surface area (Å²) < 4.78 is 2.35. The Labute approximate surface area is 251 Å². The average molecular weight is 573 g/mol. The first kappa shape index (κ1) is 25.1. The van der Waals surface area contributed by atoms with Crippen molar-refractivity contribution in [2.75, 3.05) is 0 Å². The molecular formula is C38H28N2SSi. The molecular weight excluding hydrogens is 545 g/mol. The Morgan fingerprint density at radius 3 is 1.76 bits per heavy atom. The van der Waals surface area contributed by atoms with Gasteiger partial charge >= 0.3 is 0 Å². The van der Waals surface area contributed by atoms with Crippen LogP contribution in [0.1, 0.15) is 5.82 Å². The van der Waals surface area contributed by atoms with Gasteiger partial charge in [0.2, 0.25) is 0 Å². The number of hydrogen-bond donors (Lipinski definition) is 0. The van der Waals surface area contributed by atoms with Gasteiger partial charge in [-0.1, -0.05) is 133 Å². The van der Waals surface area contributed by atoms with Crippen LogP contribution in [-0.2, 0) is 5.75 Å². The molecule has 0 spiro atoms. The van der Waals surface area contributed by atoms with Crippen LogP contribution in [0.3, 0.4) is 0 Å². The summed E-state index contributed by atoms with van der Waals surface area (Å²) in [4.78, 5) is 6.32. The van der Waals surface area contributed by atoms with Gasteiger partial charge in [0.15, 0.2) is 8.07 Å². The summed E-state index contributed by atoms with van der Waals surface area (Å²) >= 11 is 1.87. The van der Waals surface area contributed by atoms with E-state index in [9.17, 15) is 0 Å². The Hall–Kier alpha value is -4.64. The van der Waals surface area contributed by atoms with E-state index in [1.165, 1.54) is 48.0 Å². The molecule has 0 unspecified atom stereocenters. The highest BCUT2D eigenvalue weighted by atomic mass is 32.2. The standard InChI is InChI=1S/C38H28N2SSi/c1-4-14-30(15-5-1)42(31-16-6-2-7-17-31,32-18-8-3-9-19-32)33-20-12-13-28(25-33)29-23-24-34-36(26-29)40-35-21-10-11-22-37(35)41-27-38(40)39-34/h1-26H,27H2. The van der Waals surface area contributed by atoms with Crippen LogP contribution in [0.15, 0.2) is 163 Å². The lowest BCUT2D eigenvalue weighted by Gasteiger charge is -2.34. The summed E-state index contributed by atoms with van der Waals surface area (Å²) in [6.07, 6.45) is 0. The van der Waals surface area contributed by atoms with Crippen LogP contribution in [0, 0.1) is 0 Å². The van der Waals surface area contributed by atoms with Crippen molar-refractivity contribution in [2.45, 2.75) is 10.6 Å². The zero-order chi connectivity index (χ0) is 27.9. The van der Waals surface area contributed by atoms with Gasteiger partial charge in [0.25, 0.3) is 0 Å². The number of thioether (sulfide) groups is 1. The summed E-state index contributed by atoms with van der Waals surface area (Å²) in [7, 11) is -2.60. The zero-order valence-electron chi connectivity index (χ0n) is 23.0. The molecule has 0 saturated heterocycles. The largest absolute Gasteiger partial charge is 0.294 e. The molecule has 200 valence electrons. The SMILES string of the molecule is c1ccc([Si](c2ccccc2)(c2ccccc2)c2cccc(-c3ccc4nc5n(c4c3)-c3ccccc3SC5)c2)cc1. The van der Waals surface area contributed by atoms with E-state index in [4.69, 9.17) is 4.98 Å². The molecule has 7 aromatic rings. The van der Waals surface area contributed by atoms with Crippen molar-refractivity contribution in [3.8, 4) is 16.8 Å². The van der Waals surface area contributed by atoms with Crippen LogP contribution in [-0.4, -0.2) is 17.6 Å². The first-order valence-electron chi connectivity index (χ1n) is 14.3. The average Bonchev–Trinajstić information content (AvgIpc) is 3.45. The third kappa shape index (κ3) is 3.98. The minimum absolute atomic E-state index is 0.885. The number of rotatable bonds is 5. The Balaban J connectivity index is 1.35. The fourth-order valence-corrected chi connectivity index (χ4v) is 12.3. The summed E-state index contributed by atoms with van der Waals surface area (Å²) in [6, 6.07) is 58.0. The van der Waals surface area contributed by atoms with Gasteiger partial charge in [-0.2, -0.15) is 0 Å². The van der Waals surface area contributed by atoms with Gasteiger partial charge in [-0.15, -0.1) is 11.8 Å². The third-order valence-corrected chi connectivity index (χ3v) is 14.3. The number of hydrogen-bond acceptors (Lipinski definition) is 2. The van der Waals surface area contributed by atoms with Gasteiger partial charge in [-0.25, -0.2) is 4.98 Å². The van der Waals surface area contributed by atoms with Gasteiger partial charge in [0.1, 0.15) is 5.82 Å². The number of imidazole rings is 1. The minimum Gasteiger partial charge on any atom is -0.294 e. The second kappa shape index (κ2) is 10.3. The number of fused-ring (bicyclic) bond motifs is 5. The number of para-hydroxylation sites is 1. The molecule has 4 heteroatoms. The molecule has 0 fully saturated rings. The Morgan fingerprint density at radius 2 is 1.10 bits per heavy atom. The maximum Gasteiger partial charge on any atom is 0.179 e. The van der Waals surface area contributed by atoms with Gasteiger partial charge in [-0.3, -0.25) is 4.57 Å². The van der Waals surface area contributed by atoms with E-state index in [2.05, 4.69) is 162 Å². The predicted octanol–water partition coefficient (Wildman–Crippen LogP) is 6.68. The van der Waals surface area contributed by atoms with Crippen molar-refractivity contribution >= 4 is 51.6 Å². The van der Waals surface area contributed by atoms with Crippen LogP contribution < -0.4 is 20.7 Å². The summed E-state index contributed by atoms with van der Waals surface area (Å²) in [5, 5.41) is 5.53. The van der Waals surface area contributed by atoms with E-state index in [1.807, 2.05) is 11.8 Å². The molecule has 0 atom stereocenters. The Bertz CT molecular complexity index is 1940. The molecule has 2 nitrogen and oxygen atoms in total. The molecule has 0 saturated carbocycles. The molecule has 6 aromatic carbocycles. The highest BCUT2D eigenvalue weighted by Crippen LogP contribution is 2.38. The van der Waals surface area contributed by atoms with E-state index >= 15 is 0 Å². The fraction of sp³-hybridized carbons (Fsp3) is 0.0263. The van der Waals surface area contributed by atoms with Gasteiger partial charge < -0.3 is 0 Å².